The number of aliphatic hydroxyl groups is 1. The number of rotatable bonds is 7. The number of hydrogen-bond acceptors (Lipinski definition) is 8. The second-order valence-corrected chi connectivity index (χ2v) is 7.69. The van der Waals surface area contributed by atoms with E-state index >= 15 is 0 Å². The Labute approximate surface area is 183 Å². The molecule has 29 heavy (non-hydrogen) atoms. The monoisotopic (exact) mass is 446 g/mol. The van der Waals surface area contributed by atoms with Gasteiger partial charge in [0.15, 0.2) is 17.0 Å². The van der Waals surface area contributed by atoms with Crippen molar-refractivity contribution in [3.8, 4) is 0 Å². The molecule has 0 aromatic carbocycles. The van der Waals surface area contributed by atoms with Crippen molar-refractivity contribution in [1.29, 1.82) is 0 Å². The van der Waals surface area contributed by atoms with Gasteiger partial charge in [0.1, 0.15) is 0 Å². The molecule has 2 aliphatic carbocycles. The molecule has 2 aliphatic rings. The number of anilines is 2. The highest BCUT2D eigenvalue weighted by atomic mass is 35.5. The summed E-state index contributed by atoms with van der Waals surface area (Å²) in [6, 6.07) is 1.13. The van der Waals surface area contributed by atoms with E-state index < -0.39 is 0 Å². The zero-order valence-electron chi connectivity index (χ0n) is 16.5. The van der Waals surface area contributed by atoms with Crippen molar-refractivity contribution >= 4 is 47.7 Å². The molecule has 2 heterocycles. The molecular formula is C18H32Cl2N8O. The molecule has 0 bridgehead atoms. The molecule has 0 spiro atoms. The molecule has 0 atom stereocenters. The van der Waals surface area contributed by atoms with Gasteiger partial charge in [-0.25, -0.2) is 10.4 Å². The first-order valence-corrected chi connectivity index (χ1v) is 10.1. The van der Waals surface area contributed by atoms with Gasteiger partial charge >= 0.3 is 0 Å². The zero-order chi connectivity index (χ0) is 18.6. The largest absolute Gasteiger partial charge is 0.395 e. The first-order valence-electron chi connectivity index (χ1n) is 10.1. The lowest BCUT2D eigenvalue weighted by molar-refractivity contribution is 0.296. The quantitative estimate of drug-likeness (QED) is 0.324. The minimum Gasteiger partial charge on any atom is -0.395 e. The zero-order valence-corrected chi connectivity index (χ0v) is 18.1. The SMILES string of the molecule is Cl.Cl.NC1CCC(Nc2nc(NNCCO)c3ncn(C4CCCC4)c3n2)CC1. The third-order valence-corrected chi connectivity index (χ3v) is 5.69. The van der Waals surface area contributed by atoms with Gasteiger partial charge in [0.05, 0.1) is 12.9 Å². The van der Waals surface area contributed by atoms with Crippen molar-refractivity contribution in [2.45, 2.75) is 69.5 Å². The van der Waals surface area contributed by atoms with Crippen LogP contribution in [-0.2, 0) is 0 Å². The number of fused-ring (bicyclic) bond motifs is 1. The highest BCUT2D eigenvalue weighted by Gasteiger charge is 2.23. The number of hydrogen-bond donors (Lipinski definition) is 5. The van der Waals surface area contributed by atoms with Crippen LogP contribution in [0.3, 0.4) is 0 Å². The van der Waals surface area contributed by atoms with Crippen LogP contribution in [0.4, 0.5) is 11.8 Å². The number of aromatic nitrogens is 4. The standard InChI is InChI=1S/C18H30N8O.2ClH/c19-12-5-7-13(8-6-12)22-18-23-16(25-21-9-10-27)15-17(24-18)26(11-20-15)14-3-1-2-4-14;;/h11-14,21,27H,1-10,19H2,(H2,22,23,24,25);2*1H. The predicted octanol–water partition coefficient (Wildman–Crippen LogP) is 2.38. The van der Waals surface area contributed by atoms with E-state index in [1.165, 1.54) is 25.7 Å². The van der Waals surface area contributed by atoms with Gasteiger partial charge in [-0.05, 0) is 38.5 Å². The van der Waals surface area contributed by atoms with E-state index in [1.54, 1.807) is 0 Å². The summed E-state index contributed by atoms with van der Waals surface area (Å²) < 4.78 is 2.20. The van der Waals surface area contributed by atoms with E-state index in [2.05, 4.69) is 30.7 Å². The molecule has 0 radical (unpaired) electrons. The fraction of sp³-hybridized carbons (Fsp3) is 0.722. The highest BCUT2D eigenvalue weighted by molar-refractivity contribution is 5.86. The number of halogens is 2. The molecule has 2 saturated carbocycles. The number of hydrazine groups is 1. The van der Waals surface area contributed by atoms with E-state index in [0.29, 0.717) is 36.4 Å². The number of nitrogens with zero attached hydrogens (tertiary/aromatic N) is 4. The first-order chi connectivity index (χ1) is 13.2. The maximum absolute atomic E-state index is 9.02. The van der Waals surface area contributed by atoms with Crippen molar-refractivity contribution in [3.63, 3.8) is 0 Å². The van der Waals surface area contributed by atoms with Gasteiger partial charge in [0.25, 0.3) is 0 Å². The van der Waals surface area contributed by atoms with Crippen molar-refractivity contribution in [2.24, 2.45) is 5.73 Å². The summed E-state index contributed by atoms with van der Waals surface area (Å²) in [6.45, 7) is 0.475. The molecule has 2 aromatic rings. The molecule has 0 amide bonds. The van der Waals surface area contributed by atoms with Gasteiger partial charge in [-0.3, -0.25) is 0 Å². The molecule has 0 aliphatic heterocycles. The fourth-order valence-electron chi connectivity index (χ4n) is 4.17. The lowest BCUT2D eigenvalue weighted by atomic mass is 9.92. The van der Waals surface area contributed by atoms with Gasteiger partial charge in [-0.15, -0.1) is 24.8 Å². The summed E-state index contributed by atoms with van der Waals surface area (Å²) in [5, 5.41) is 12.5. The lowest BCUT2D eigenvalue weighted by Gasteiger charge is -2.27. The maximum atomic E-state index is 9.02. The van der Waals surface area contributed by atoms with Crippen molar-refractivity contribution < 1.29 is 5.11 Å². The Balaban J connectivity index is 0.00000150. The highest BCUT2D eigenvalue weighted by Crippen LogP contribution is 2.33. The second kappa shape index (κ2) is 11.1. The number of imidazole rings is 1. The van der Waals surface area contributed by atoms with Gasteiger partial charge in [-0.1, -0.05) is 12.8 Å². The van der Waals surface area contributed by atoms with E-state index in [0.717, 1.165) is 36.8 Å². The van der Waals surface area contributed by atoms with Gasteiger partial charge in [-0.2, -0.15) is 9.97 Å². The third-order valence-electron chi connectivity index (χ3n) is 5.69. The van der Waals surface area contributed by atoms with Gasteiger partial charge in [0, 0.05) is 24.7 Å². The average molecular weight is 447 g/mol. The molecular weight excluding hydrogens is 415 g/mol. The molecule has 164 valence electrons. The molecule has 4 rings (SSSR count). The van der Waals surface area contributed by atoms with Crippen molar-refractivity contribution in [3.05, 3.63) is 6.33 Å². The smallest absolute Gasteiger partial charge is 0.227 e. The van der Waals surface area contributed by atoms with Crippen LogP contribution in [0.15, 0.2) is 6.33 Å². The summed E-state index contributed by atoms with van der Waals surface area (Å²) in [5.74, 6) is 1.26. The topological polar surface area (TPSA) is 126 Å². The van der Waals surface area contributed by atoms with Crippen LogP contribution in [0.2, 0.25) is 0 Å². The summed E-state index contributed by atoms with van der Waals surface area (Å²) >= 11 is 0. The van der Waals surface area contributed by atoms with Gasteiger partial charge in [0.2, 0.25) is 5.95 Å². The van der Waals surface area contributed by atoms with E-state index in [1.807, 2.05) is 6.33 Å². The minimum absolute atomic E-state index is 0. The molecule has 11 heteroatoms. The molecule has 0 saturated heterocycles. The van der Waals surface area contributed by atoms with Crippen LogP contribution >= 0.6 is 24.8 Å². The molecule has 9 nitrogen and oxygen atoms in total. The van der Waals surface area contributed by atoms with Crippen molar-refractivity contribution in [1.82, 2.24) is 24.9 Å². The Bertz CT molecular complexity index is 760. The van der Waals surface area contributed by atoms with Crippen molar-refractivity contribution in [2.75, 3.05) is 23.9 Å². The third kappa shape index (κ3) is 5.61. The number of nitrogens with two attached hydrogens (primary N) is 1. The molecule has 2 aromatic heterocycles. The fourth-order valence-corrected chi connectivity index (χ4v) is 4.17. The first kappa shape index (κ1) is 23.9. The summed E-state index contributed by atoms with van der Waals surface area (Å²) in [7, 11) is 0. The normalized spacial score (nSPS) is 22.1. The lowest BCUT2D eigenvalue weighted by Crippen LogP contribution is -2.33. The van der Waals surface area contributed by atoms with Crippen LogP contribution in [0.25, 0.3) is 11.2 Å². The van der Waals surface area contributed by atoms with Crippen LogP contribution in [0.1, 0.15) is 57.4 Å². The Morgan fingerprint density at radius 1 is 1.07 bits per heavy atom. The Morgan fingerprint density at radius 2 is 1.79 bits per heavy atom. The molecule has 0 unspecified atom stereocenters. The maximum Gasteiger partial charge on any atom is 0.227 e. The Hall–Kier alpha value is -1.39. The number of nitrogens with one attached hydrogen (secondary N) is 3. The average Bonchev–Trinajstić information content (AvgIpc) is 3.33. The van der Waals surface area contributed by atoms with E-state index in [9.17, 15) is 0 Å². The van der Waals surface area contributed by atoms with Gasteiger partial charge < -0.3 is 26.1 Å². The van der Waals surface area contributed by atoms with E-state index in [4.69, 9.17) is 15.8 Å². The van der Waals surface area contributed by atoms with Crippen LogP contribution in [0.5, 0.6) is 0 Å². The Kier molecular flexibility index (Phi) is 9.16. The van der Waals surface area contributed by atoms with Crippen LogP contribution in [0, 0.1) is 0 Å². The van der Waals surface area contributed by atoms with Crippen LogP contribution < -0.4 is 21.9 Å². The predicted molar refractivity (Wildman–Crippen MR) is 120 cm³/mol. The second-order valence-electron chi connectivity index (χ2n) is 7.69. The molecule has 6 N–H and O–H groups in total. The number of aliphatic hydroxyl groups excluding tert-OH is 1. The molecule has 2 fully saturated rings. The van der Waals surface area contributed by atoms with E-state index in [-0.39, 0.29) is 31.4 Å². The Morgan fingerprint density at radius 3 is 2.48 bits per heavy atom. The summed E-state index contributed by atoms with van der Waals surface area (Å²) in [6.07, 6.45) is 10.9. The summed E-state index contributed by atoms with van der Waals surface area (Å²) in [4.78, 5) is 14.0. The summed E-state index contributed by atoms with van der Waals surface area (Å²) in [5.41, 5.74) is 13.7. The minimum atomic E-state index is 0. The van der Waals surface area contributed by atoms with Crippen LogP contribution in [-0.4, -0.2) is 49.9 Å².